The number of carbonyl (C=O) groups is 1. The average molecular weight is 474 g/mol. The summed E-state index contributed by atoms with van der Waals surface area (Å²) in [6.45, 7) is 7.57. The molecule has 1 fully saturated rings. The Balaban J connectivity index is 1.35. The lowest BCUT2D eigenvalue weighted by molar-refractivity contribution is 0.0994. The molecule has 0 aliphatic carbocycles. The highest BCUT2D eigenvalue weighted by molar-refractivity contribution is 6.09. The van der Waals surface area contributed by atoms with Gasteiger partial charge in [-0.1, -0.05) is 18.2 Å². The van der Waals surface area contributed by atoms with Crippen LogP contribution in [0.3, 0.4) is 0 Å². The molecule has 0 radical (unpaired) electrons. The van der Waals surface area contributed by atoms with Gasteiger partial charge >= 0.3 is 0 Å². The largest absolute Gasteiger partial charge is 0.508 e. The van der Waals surface area contributed by atoms with E-state index < -0.39 is 0 Å². The van der Waals surface area contributed by atoms with Gasteiger partial charge in [0, 0.05) is 69.3 Å². The van der Waals surface area contributed by atoms with Gasteiger partial charge in [-0.15, -0.1) is 0 Å². The number of aromatic nitrogens is 1. The highest BCUT2D eigenvalue weighted by Crippen LogP contribution is 2.35. The van der Waals surface area contributed by atoms with Gasteiger partial charge in [-0.2, -0.15) is 0 Å². The predicted octanol–water partition coefficient (Wildman–Crippen LogP) is 3.43. The Bertz CT molecular complexity index is 1240. The van der Waals surface area contributed by atoms with Crippen LogP contribution in [-0.4, -0.2) is 70.1 Å². The number of nitrogens with zero attached hydrogens (tertiary/aromatic N) is 3. The number of β-amino-alcohol motifs (C(OH)–C–C–N with tert-alkyl or cyclic N) is 1. The second-order valence-electron chi connectivity index (χ2n) is 9.26. The molecule has 0 atom stereocenters. The number of Topliss-reactive ketones (excluding diaryl/α,β-unsaturated/α-hetero) is 1. The fourth-order valence-corrected chi connectivity index (χ4v) is 4.81. The first-order valence-corrected chi connectivity index (χ1v) is 12.0. The van der Waals surface area contributed by atoms with Crippen molar-refractivity contribution < 1.29 is 15.0 Å². The van der Waals surface area contributed by atoms with Crippen LogP contribution in [0.4, 0.5) is 22.9 Å². The molecule has 1 aromatic heterocycles. The Labute approximate surface area is 205 Å². The molecule has 4 N–H and O–H groups in total. The number of aromatic hydroxyl groups is 1. The molecule has 1 saturated heterocycles. The van der Waals surface area contributed by atoms with E-state index in [2.05, 4.69) is 37.6 Å². The summed E-state index contributed by atoms with van der Waals surface area (Å²) in [7, 11) is 0. The SMILES string of the molecule is Cc1ccc(O)cc1Nc1ccnc2c1C(=O)Cc1cc(CN3CCN(CCO)CC3)ccc1N2. The summed E-state index contributed by atoms with van der Waals surface area (Å²) in [5, 5.41) is 25.7. The van der Waals surface area contributed by atoms with E-state index in [0.717, 1.165) is 61.8 Å². The first kappa shape index (κ1) is 23.3. The van der Waals surface area contributed by atoms with Gasteiger partial charge < -0.3 is 20.8 Å². The molecule has 35 heavy (non-hydrogen) atoms. The van der Waals surface area contributed by atoms with Gasteiger partial charge in [-0.05, 0) is 41.8 Å². The zero-order valence-corrected chi connectivity index (χ0v) is 19.9. The lowest BCUT2D eigenvalue weighted by Gasteiger charge is -2.34. The van der Waals surface area contributed by atoms with Crippen LogP contribution in [0, 0.1) is 6.92 Å². The molecule has 2 aliphatic heterocycles. The fourth-order valence-electron chi connectivity index (χ4n) is 4.81. The van der Waals surface area contributed by atoms with Crippen molar-refractivity contribution in [3.8, 4) is 5.75 Å². The topological polar surface area (TPSA) is 101 Å². The zero-order chi connectivity index (χ0) is 24.4. The van der Waals surface area contributed by atoms with E-state index in [1.54, 1.807) is 24.4 Å². The summed E-state index contributed by atoms with van der Waals surface area (Å²) >= 11 is 0. The molecule has 0 spiro atoms. The maximum Gasteiger partial charge on any atom is 0.173 e. The number of carbonyl (C=O) groups excluding carboxylic acids is 1. The minimum Gasteiger partial charge on any atom is -0.508 e. The molecular weight excluding hydrogens is 442 g/mol. The number of aryl methyl sites for hydroxylation is 1. The third kappa shape index (κ3) is 5.14. The molecule has 8 heteroatoms. The number of fused-ring (bicyclic) bond motifs is 2. The number of rotatable bonds is 6. The van der Waals surface area contributed by atoms with E-state index in [1.807, 2.05) is 19.1 Å². The van der Waals surface area contributed by atoms with Crippen molar-refractivity contribution in [2.24, 2.45) is 0 Å². The van der Waals surface area contributed by atoms with Crippen molar-refractivity contribution in [2.45, 2.75) is 19.9 Å². The summed E-state index contributed by atoms with van der Waals surface area (Å²) in [6.07, 6.45) is 1.96. The number of phenolic OH excluding ortho intramolecular Hbond substituents is 1. The molecule has 0 bridgehead atoms. The molecule has 0 saturated carbocycles. The third-order valence-corrected chi connectivity index (χ3v) is 6.78. The van der Waals surface area contributed by atoms with Gasteiger partial charge in [-0.3, -0.25) is 14.6 Å². The molecule has 3 heterocycles. The molecule has 182 valence electrons. The number of hydrogen-bond acceptors (Lipinski definition) is 8. The minimum atomic E-state index is -0.00516. The maximum atomic E-state index is 13.4. The third-order valence-electron chi connectivity index (χ3n) is 6.78. The number of hydrogen-bond donors (Lipinski definition) is 4. The Morgan fingerprint density at radius 2 is 1.83 bits per heavy atom. The van der Waals surface area contributed by atoms with Gasteiger partial charge in [0.05, 0.1) is 17.9 Å². The zero-order valence-electron chi connectivity index (χ0n) is 19.9. The Morgan fingerprint density at radius 1 is 1.03 bits per heavy atom. The Kier molecular flexibility index (Phi) is 6.68. The van der Waals surface area contributed by atoms with Crippen LogP contribution >= 0.6 is 0 Å². The van der Waals surface area contributed by atoms with E-state index in [9.17, 15) is 9.90 Å². The van der Waals surface area contributed by atoms with E-state index in [4.69, 9.17) is 5.11 Å². The Hall–Kier alpha value is -3.46. The molecule has 3 aromatic rings. The van der Waals surface area contributed by atoms with Crippen molar-refractivity contribution in [2.75, 3.05) is 50.0 Å². The highest BCUT2D eigenvalue weighted by Gasteiger charge is 2.25. The van der Waals surface area contributed by atoms with Crippen molar-refractivity contribution in [1.29, 1.82) is 0 Å². The van der Waals surface area contributed by atoms with E-state index in [-0.39, 0.29) is 24.6 Å². The number of ketones is 1. The van der Waals surface area contributed by atoms with Crippen LogP contribution in [-0.2, 0) is 13.0 Å². The molecule has 2 aromatic carbocycles. The van der Waals surface area contributed by atoms with Crippen LogP contribution in [0.15, 0.2) is 48.7 Å². The van der Waals surface area contributed by atoms with Crippen LogP contribution in [0.5, 0.6) is 5.75 Å². The number of nitrogens with one attached hydrogen (secondary N) is 2. The molecule has 8 nitrogen and oxygen atoms in total. The fraction of sp³-hybridized carbons (Fsp3) is 0.333. The van der Waals surface area contributed by atoms with Crippen LogP contribution in [0.25, 0.3) is 0 Å². The van der Waals surface area contributed by atoms with Gasteiger partial charge in [0.15, 0.2) is 5.78 Å². The van der Waals surface area contributed by atoms with E-state index in [0.29, 0.717) is 17.1 Å². The number of piperazine rings is 1. The lowest BCUT2D eigenvalue weighted by atomic mass is 10.0. The Morgan fingerprint density at radius 3 is 2.63 bits per heavy atom. The average Bonchev–Trinajstić information content (AvgIpc) is 2.98. The predicted molar refractivity (Wildman–Crippen MR) is 137 cm³/mol. The van der Waals surface area contributed by atoms with Gasteiger partial charge in [-0.25, -0.2) is 4.98 Å². The standard InChI is InChI=1S/C27H31N5O3/c1-18-2-4-21(34)16-24(18)29-23-6-7-28-27-26(23)25(35)15-20-14-19(3-5-22(20)30-27)17-32-10-8-31(9-11-32)12-13-33/h2-7,14,16,33-34H,8-13,15,17H2,1H3,(H2,28,29,30). The molecular formula is C27H31N5O3. The molecule has 5 rings (SSSR count). The smallest absolute Gasteiger partial charge is 0.173 e. The summed E-state index contributed by atoms with van der Waals surface area (Å²) < 4.78 is 0. The summed E-state index contributed by atoms with van der Waals surface area (Å²) in [5.74, 6) is 0.691. The van der Waals surface area contributed by atoms with Crippen LogP contribution in [0.1, 0.15) is 27.0 Å². The van der Waals surface area contributed by atoms with Crippen molar-refractivity contribution in [1.82, 2.24) is 14.8 Å². The van der Waals surface area contributed by atoms with Gasteiger partial charge in [0.1, 0.15) is 11.6 Å². The van der Waals surface area contributed by atoms with Gasteiger partial charge in [0.25, 0.3) is 0 Å². The number of phenols is 1. The number of anilines is 4. The van der Waals surface area contributed by atoms with E-state index in [1.165, 1.54) is 5.56 Å². The highest BCUT2D eigenvalue weighted by atomic mass is 16.3. The van der Waals surface area contributed by atoms with Gasteiger partial charge in [0.2, 0.25) is 0 Å². The van der Waals surface area contributed by atoms with Crippen molar-refractivity contribution in [3.63, 3.8) is 0 Å². The summed E-state index contributed by atoms with van der Waals surface area (Å²) in [4.78, 5) is 22.6. The number of pyridine rings is 1. The summed E-state index contributed by atoms with van der Waals surface area (Å²) in [5.41, 5.74) is 5.93. The molecule has 0 amide bonds. The first-order chi connectivity index (χ1) is 17.0. The van der Waals surface area contributed by atoms with Crippen LogP contribution < -0.4 is 10.6 Å². The second kappa shape index (κ2) is 10.0. The molecule has 0 unspecified atom stereocenters. The number of aliphatic hydroxyl groups is 1. The maximum absolute atomic E-state index is 13.4. The monoisotopic (exact) mass is 473 g/mol. The lowest BCUT2D eigenvalue weighted by Crippen LogP contribution is -2.46. The van der Waals surface area contributed by atoms with Crippen molar-refractivity contribution in [3.05, 3.63) is 70.9 Å². The quantitative estimate of drug-likeness (QED) is 0.432. The second-order valence-corrected chi connectivity index (χ2v) is 9.26. The molecule has 2 aliphatic rings. The first-order valence-electron chi connectivity index (χ1n) is 12.0. The van der Waals surface area contributed by atoms with Crippen LogP contribution in [0.2, 0.25) is 0 Å². The number of aliphatic hydroxyl groups excluding tert-OH is 1. The van der Waals surface area contributed by atoms with E-state index >= 15 is 0 Å². The van der Waals surface area contributed by atoms with Crippen molar-refractivity contribution >= 4 is 28.7 Å². The minimum absolute atomic E-state index is 0.00516. The number of benzene rings is 2. The normalized spacial score (nSPS) is 16.2. The summed E-state index contributed by atoms with van der Waals surface area (Å²) in [6, 6.07) is 13.2.